The summed E-state index contributed by atoms with van der Waals surface area (Å²) in [5.74, 6) is 0.774. The van der Waals surface area contributed by atoms with E-state index in [9.17, 15) is 9.59 Å². The fourth-order valence-electron chi connectivity index (χ4n) is 3.10. The van der Waals surface area contributed by atoms with Crippen LogP contribution in [0.3, 0.4) is 0 Å². The first-order valence-corrected chi connectivity index (χ1v) is 7.44. The summed E-state index contributed by atoms with van der Waals surface area (Å²) in [6, 6.07) is -0.406. The lowest BCUT2D eigenvalue weighted by molar-refractivity contribution is -0.155. The number of nitrogens with one attached hydrogen (secondary N) is 1. The zero-order chi connectivity index (χ0) is 15.0. The Bertz CT molecular complexity index is 540. The van der Waals surface area contributed by atoms with Gasteiger partial charge in [0.05, 0.1) is 0 Å². The summed E-state index contributed by atoms with van der Waals surface area (Å²) in [5, 5.41) is 6.70. The molecular formula is C14H20N4O3. The Morgan fingerprint density at radius 1 is 1.48 bits per heavy atom. The van der Waals surface area contributed by atoms with Crippen LogP contribution in [0.1, 0.15) is 38.9 Å². The highest BCUT2D eigenvalue weighted by Gasteiger charge is 2.54. The topological polar surface area (TPSA) is 88.3 Å². The lowest BCUT2D eigenvalue weighted by atomic mass is 9.88. The molecule has 1 N–H and O–H groups in total. The van der Waals surface area contributed by atoms with Crippen LogP contribution < -0.4 is 5.32 Å². The largest absolute Gasteiger partial charge is 0.343 e. The molecule has 2 unspecified atom stereocenters. The maximum Gasteiger partial charge on any atom is 0.249 e. The van der Waals surface area contributed by atoms with Gasteiger partial charge in [0.25, 0.3) is 0 Å². The molecule has 0 aromatic carbocycles. The Morgan fingerprint density at radius 2 is 2.24 bits per heavy atom. The number of nitrogens with zero attached hydrogens (tertiary/aromatic N) is 3. The Balaban J connectivity index is 1.79. The smallest absolute Gasteiger partial charge is 0.249 e. The van der Waals surface area contributed by atoms with Gasteiger partial charge in [0, 0.05) is 13.0 Å². The zero-order valence-electron chi connectivity index (χ0n) is 12.3. The van der Waals surface area contributed by atoms with Crippen molar-refractivity contribution in [1.82, 2.24) is 20.4 Å². The van der Waals surface area contributed by atoms with E-state index in [2.05, 4.69) is 15.5 Å². The third-order valence-corrected chi connectivity index (χ3v) is 4.53. The highest BCUT2D eigenvalue weighted by Crippen LogP contribution is 2.42. The first kappa shape index (κ1) is 14.0. The first-order valence-electron chi connectivity index (χ1n) is 7.44. The van der Waals surface area contributed by atoms with Gasteiger partial charge in [-0.25, -0.2) is 0 Å². The van der Waals surface area contributed by atoms with E-state index in [-0.39, 0.29) is 17.7 Å². The molecule has 0 bridgehead atoms. The first-order chi connectivity index (χ1) is 10.1. The molecule has 114 valence electrons. The van der Waals surface area contributed by atoms with Crippen LogP contribution in [0.2, 0.25) is 0 Å². The van der Waals surface area contributed by atoms with E-state index in [1.807, 2.05) is 13.8 Å². The summed E-state index contributed by atoms with van der Waals surface area (Å²) in [6.07, 6.45) is 4.36. The van der Waals surface area contributed by atoms with Crippen molar-refractivity contribution in [2.45, 2.75) is 51.1 Å². The number of carbonyl (C=O) groups is 2. The molecule has 1 aliphatic heterocycles. The third-order valence-electron chi connectivity index (χ3n) is 4.53. The number of amides is 2. The van der Waals surface area contributed by atoms with Gasteiger partial charge in [-0.1, -0.05) is 12.1 Å². The maximum absolute atomic E-state index is 12.9. The van der Waals surface area contributed by atoms with Gasteiger partial charge in [-0.15, -0.1) is 0 Å². The van der Waals surface area contributed by atoms with Crippen LogP contribution in [-0.2, 0) is 16.0 Å². The Kier molecular flexibility index (Phi) is 3.43. The number of carbonyl (C=O) groups excluding carboxylic acids is 2. The third kappa shape index (κ3) is 2.41. The van der Waals surface area contributed by atoms with E-state index in [1.165, 1.54) is 6.39 Å². The van der Waals surface area contributed by atoms with Gasteiger partial charge in [0.15, 0.2) is 5.82 Å². The summed E-state index contributed by atoms with van der Waals surface area (Å²) in [4.78, 5) is 30.8. The Morgan fingerprint density at radius 3 is 2.81 bits per heavy atom. The number of hydrogen-bond donors (Lipinski definition) is 1. The summed E-state index contributed by atoms with van der Waals surface area (Å²) < 4.78 is 4.70. The molecule has 2 amide bonds. The van der Waals surface area contributed by atoms with Gasteiger partial charge < -0.3 is 14.7 Å². The van der Waals surface area contributed by atoms with Crippen molar-refractivity contribution in [3.8, 4) is 0 Å². The van der Waals surface area contributed by atoms with Crippen LogP contribution in [0.4, 0.5) is 0 Å². The van der Waals surface area contributed by atoms with E-state index in [0.717, 1.165) is 12.8 Å². The van der Waals surface area contributed by atoms with Gasteiger partial charge in [-0.05, 0) is 32.1 Å². The van der Waals surface area contributed by atoms with Crippen LogP contribution in [0.5, 0.6) is 0 Å². The molecule has 7 nitrogen and oxygen atoms in total. The van der Waals surface area contributed by atoms with Crippen LogP contribution >= 0.6 is 0 Å². The molecule has 3 rings (SSSR count). The molecule has 0 spiro atoms. The molecule has 2 aliphatic rings. The molecular weight excluding hydrogens is 272 g/mol. The predicted molar refractivity (Wildman–Crippen MR) is 73.1 cm³/mol. The van der Waals surface area contributed by atoms with Crippen molar-refractivity contribution in [3.05, 3.63) is 12.2 Å². The summed E-state index contributed by atoms with van der Waals surface area (Å²) in [6.45, 7) is 4.20. The van der Waals surface area contributed by atoms with Crippen molar-refractivity contribution < 1.29 is 14.1 Å². The van der Waals surface area contributed by atoms with E-state index < -0.39 is 11.6 Å². The second kappa shape index (κ2) is 5.13. The van der Waals surface area contributed by atoms with E-state index in [1.54, 1.807) is 4.90 Å². The molecule has 2 fully saturated rings. The molecule has 1 aromatic rings. The average molecular weight is 292 g/mol. The van der Waals surface area contributed by atoms with Gasteiger partial charge in [-0.3, -0.25) is 9.59 Å². The highest BCUT2D eigenvalue weighted by molar-refractivity contribution is 6.00. The molecule has 2 atom stereocenters. The number of piperazine rings is 1. The Hall–Kier alpha value is -1.92. The zero-order valence-corrected chi connectivity index (χ0v) is 12.3. The minimum atomic E-state index is -0.750. The second-order valence-corrected chi connectivity index (χ2v) is 5.99. The van der Waals surface area contributed by atoms with Crippen LogP contribution in [0.25, 0.3) is 0 Å². The summed E-state index contributed by atoms with van der Waals surface area (Å²) in [5.41, 5.74) is -0.750. The monoisotopic (exact) mass is 292 g/mol. The normalized spacial score (nSPS) is 29.6. The fraction of sp³-hybridized carbons (Fsp3) is 0.714. The number of rotatable bonds is 5. The highest BCUT2D eigenvalue weighted by atomic mass is 16.5. The minimum absolute atomic E-state index is 0.0138. The van der Waals surface area contributed by atoms with E-state index in [0.29, 0.717) is 25.2 Å². The van der Waals surface area contributed by atoms with Crippen molar-refractivity contribution in [2.24, 2.45) is 5.92 Å². The molecule has 2 heterocycles. The van der Waals surface area contributed by atoms with E-state index in [4.69, 9.17) is 4.52 Å². The molecule has 0 radical (unpaired) electrons. The molecule has 1 aliphatic carbocycles. The maximum atomic E-state index is 12.9. The van der Waals surface area contributed by atoms with Gasteiger partial charge in [-0.2, -0.15) is 4.98 Å². The van der Waals surface area contributed by atoms with Crippen LogP contribution in [-0.4, -0.2) is 45.0 Å². The number of aromatic nitrogens is 2. The standard InChI is InChI=1S/C14H20N4O3/c1-3-10-12(19)16-14(2,9-4-5-9)13(20)18(10)7-6-11-15-8-21-17-11/h8-10H,3-7H2,1-2H3,(H,16,19). The molecule has 1 aromatic heterocycles. The lowest BCUT2D eigenvalue weighted by Gasteiger charge is -2.44. The second-order valence-electron chi connectivity index (χ2n) is 5.99. The fourth-order valence-corrected chi connectivity index (χ4v) is 3.10. The summed E-state index contributed by atoms with van der Waals surface area (Å²) >= 11 is 0. The van der Waals surface area contributed by atoms with Crippen molar-refractivity contribution >= 4 is 11.8 Å². The van der Waals surface area contributed by atoms with E-state index >= 15 is 0 Å². The SMILES string of the molecule is CCC1C(=O)NC(C)(C2CC2)C(=O)N1CCc1ncon1. The molecule has 7 heteroatoms. The number of hydrogen-bond acceptors (Lipinski definition) is 5. The minimum Gasteiger partial charge on any atom is -0.343 e. The van der Waals surface area contributed by atoms with Crippen molar-refractivity contribution in [2.75, 3.05) is 6.54 Å². The van der Waals surface area contributed by atoms with Gasteiger partial charge in [0.1, 0.15) is 11.6 Å². The van der Waals surface area contributed by atoms with Crippen molar-refractivity contribution in [3.63, 3.8) is 0 Å². The summed E-state index contributed by atoms with van der Waals surface area (Å²) in [7, 11) is 0. The quantitative estimate of drug-likeness (QED) is 0.854. The molecule has 21 heavy (non-hydrogen) atoms. The van der Waals surface area contributed by atoms with Crippen LogP contribution in [0.15, 0.2) is 10.9 Å². The van der Waals surface area contributed by atoms with Gasteiger partial charge in [0.2, 0.25) is 18.2 Å². The van der Waals surface area contributed by atoms with Crippen molar-refractivity contribution in [1.29, 1.82) is 0 Å². The molecule has 1 saturated carbocycles. The van der Waals surface area contributed by atoms with Gasteiger partial charge >= 0.3 is 0 Å². The molecule has 1 saturated heterocycles. The average Bonchev–Trinajstić information content (AvgIpc) is 3.20. The Labute approximate surface area is 123 Å². The lowest BCUT2D eigenvalue weighted by Crippen LogP contribution is -2.70. The predicted octanol–water partition coefficient (Wildman–Crippen LogP) is 0.518. The van der Waals surface area contributed by atoms with Crippen LogP contribution in [0, 0.1) is 5.92 Å².